The van der Waals surface area contributed by atoms with E-state index >= 15 is 0 Å². The Kier molecular flexibility index (Phi) is 4.77. The number of hydrogen-bond donors (Lipinski definition) is 0. The Morgan fingerprint density at radius 1 is 1.41 bits per heavy atom. The molecule has 4 heteroatoms. The minimum Gasteiger partial charge on any atom is -0.495 e. The van der Waals surface area contributed by atoms with E-state index in [0.717, 1.165) is 0 Å². The van der Waals surface area contributed by atoms with E-state index in [-0.39, 0.29) is 6.42 Å². The lowest BCUT2D eigenvalue weighted by atomic mass is 10.1. The SMILES string of the molecule is COC(=O)c1ccc(OC)c(C#CCC=O)c1. The summed E-state index contributed by atoms with van der Waals surface area (Å²) in [5.41, 5.74) is 0.945. The van der Waals surface area contributed by atoms with Gasteiger partial charge in [-0.2, -0.15) is 0 Å². The number of esters is 1. The maximum absolute atomic E-state index is 11.3. The Balaban J connectivity index is 3.11. The Bertz CT molecular complexity index is 480. The van der Waals surface area contributed by atoms with Crippen molar-refractivity contribution >= 4 is 12.3 Å². The van der Waals surface area contributed by atoms with Gasteiger partial charge in [0.2, 0.25) is 0 Å². The zero-order valence-corrected chi connectivity index (χ0v) is 9.65. The van der Waals surface area contributed by atoms with E-state index < -0.39 is 5.97 Å². The summed E-state index contributed by atoms with van der Waals surface area (Å²) in [6.45, 7) is 0. The first-order valence-corrected chi connectivity index (χ1v) is 4.91. The van der Waals surface area contributed by atoms with Crippen LogP contribution in [0.5, 0.6) is 5.75 Å². The highest BCUT2D eigenvalue weighted by Crippen LogP contribution is 2.19. The second-order valence-electron chi connectivity index (χ2n) is 3.08. The molecule has 1 rings (SSSR count). The molecule has 0 aliphatic carbocycles. The fourth-order valence-electron chi connectivity index (χ4n) is 1.24. The molecule has 0 spiro atoms. The van der Waals surface area contributed by atoms with Crippen molar-refractivity contribution < 1.29 is 19.1 Å². The highest BCUT2D eigenvalue weighted by molar-refractivity contribution is 5.90. The van der Waals surface area contributed by atoms with Crippen LogP contribution in [-0.4, -0.2) is 26.5 Å². The molecular formula is C13H12O4. The third-order valence-corrected chi connectivity index (χ3v) is 2.03. The van der Waals surface area contributed by atoms with Crippen LogP contribution in [0.4, 0.5) is 0 Å². The van der Waals surface area contributed by atoms with Gasteiger partial charge in [-0.15, -0.1) is 0 Å². The summed E-state index contributed by atoms with van der Waals surface area (Å²) < 4.78 is 9.71. The molecule has 0 N–H and O–H groups in total. The zero-order valence-electron chi connectivity index (χ0n) is 9.65. The molecule has 0 unspecified atom stereocenters. The van der Waals surface area contributed by atoms with Gasteiger partial charge in [0.1, 0.15) is 12.0 Å². The molecule has 0 fully saturated rings. The smallest absolute Gasteiger partial charge is 0.337 e. The zero-order chi connectivity index (χ0) is 12.7. The molecule has 0 aliphatic rings. The Morgan fingerprint density at radius 2 is 2.18 bits per heavy atom. The number of carbonyl (C=O) groups excluding carboxylic acids is 2. The molecule has 0 saturated carbocycles. The standard InChI is InChI=1S/C13H12O4/c1-16-12-7-6-11(13(15)17-2)9-10(12)5-3-4-8-14/h6-9H,4H2,1-2H3. The highest BCUT2D eigenvalue weighted by Gasteiger charge is 2.08. The number of carbonyl (C=O) groups is 2. The first-order chi connectivity index (χ1) is 8.22. The van der Waals surface area contributed by atoms with Gasteiger partial charge < -0.3 is 14.3 Å². The molecule has 0 atom stereocenters. The van der Waals surface area contributed by atoms with Gasteiger partial charge in [0, 0.05) is 0 Å². The van der Waals surface area contributed by atoms with E-state index in [1.54, 1.807) is 18.2 Å². The Labute approximate surface area is 99.5 Å². The summed E-state index contributed by atoms with van der Waals surface area (Å²) in [6.07, 6.45) is 0.856. The Hall–Kier alpha value is -2.28. The van der Waals surface area contributed by atoms with Crippen molar-refractivity contribution in [2.75, 3.05) is 14.2 Å². The molecule has 0 heterocycles. The topological polar surface area (TPSA) is 52.6 Å². The van der Waals surface area contributed by atoms with Gasteiger partial charge in [-0.05, 0) is 18.2 Å². The van der Waals surface area contributed by atoms with Gasteiger partial charge in [0.05, 0.1) is 31.8 Å². The van der Waals surface area contributed by atoms with Crippen LogP contribution in [0, 0.1) is 11.8 Å². The third-order valence-electron chi connectivity index (χ3n) is 2.03. The average molecular weight is 232 g/mol. The van der Waals surface area contributed by atoms with E-state index in [4.69, 9.17) is 4.74 Å². The summed E-state index contributed by atoms with van der Waals surface area (Å²) >= 11 is 0. The summed E-state index contributed by atoms with van der Waals surface area (Å²) in [5, 5.41) is 0. The van der Waals surface area contributed by atoms with Gasteiger partial charge in [-0.25, -0.2) is 4.79 Å². The maximum atomic E-state index is 11.3. The molecule has 1 aromatic carbocycles. The van der Waals surface area contributed by atoms with Gasteiger partial charge >= 0.3 is 5.97 Å². The molecule has 0 saturated heterocycles. The van der Waals surface area contributed by atoms with Crippen LogP contribution in [0.25, 0.3) is 0 Å². The van der Waals surface area contributed by atoms with Gasteiger partial charge in [0.25, 0.3) is 0 Å². The quantitative estimate of drug-likeness (QED) is 0.449. The number of aldehydes is 1. The van der Waals surface area contributed by atoms with Crippen molar-refractivity contribution in [1.29, 1.82) is 0 Å². The third kappa shape index (κ3) is 3.35. The molecule has 0 aliphatic heterocycles. The minimum atomic E-state index is -0.439. The number of methoxy groups -OCH3 is 2. The van der Waals surface area contributed by atoms with Gasteiger partial charge in [0.15, 0.2) is 0 Å². The first-order valence-electron chi connectivity index (χ1n) is 4.91. The van der Waals surface area contributed by atoms with E-state index in [0.29, 0.717) is 23.2 Å². The van der Waals surface area contributed by atoms with E-state index in [9.17, 15) is 9.59 Å². The number of hydrogen-bond acceptors (Lipinski definition) is 4. The van der Waals surface area contributed by atoms with Crippen LogP contribution in [0.1, 0.15) is 22.3 Å². The fourth-order valence-corrected chi connectivity index (χ4v) is 1.24. The summed E-state index contributed by atoms with van der Waals surface area (Å²) in [4.78, 5) is 21.5. The molecule has 0 bridgehead atoms. The van der Waals surface area contributed by atoms with Crippen molar-refractivity contribution in [2.45, 2.75) is 6.42 Å². The molecule has 0 amide bonds. The summed E-state index contributed by atoms with van der Waals surface area (Å²) in [6, 6.07) is 4.80. The minimum absolute atomic E-state index is 0.144. The summed E-state index contributed by atoms with van der Waals surface area (Å²) in [5.74, 6) is 5.54. The lowest BCUT2D eigenvalue weighted by Gasteiger charge is -2.05. The van der Waals surface area contributed by atoms with Crippen LogP contribution in [0.2, 0.25) is 0 Å². The van der Waals surface area contributed by atoms with E-state index in [1.165, 1.54) is 14.2 Å². The molecule has 0 radical (unpaired) electrons. The average Bonchev–Trinajstić information content (AvgIpc) is 2.38. The van der Waals surface area contributed by atoms with E-state index in [2.05, 4.69) is 16.6 Å². The second kappa shape index (κ2) is 6.33. The number of rotatable bonds is 3. The maximum Gasteiger partial charge on any atom is 0.337 e. The monoisotopic (exact) mass is 232 g/mol. The molecule has 17 heavy (non-hydrogen) atoms. The molecule has 88 valence electrons. The van der Waals surface area contributed by atoms with Crippen LogP contribution < -0.4 is 4.74 Å². The first kappa shape index (κ1) is 12.8. The van der Waals surface area contributed by atoms with Gasteiger partial charge in [-0.1, -0.05) is 11.8 Å². The largest absolute Gasteiger partial charge is 0.495 e. The van der Waals surface area contributed by atoms with Crippen molar-refractivity contribution in [3.8, 4) is 17.6 Å². The van der Waals surface area contributed by atoms with Crippen molar-refractivity contribution in [2.24, 2.45) is 0 Å². The predicted molar refractivity (Wildman–Crippen MR) is 61.9 cm³/mol. The Morgan fingerprint density at radius 3 is 2.76 bits per heavy atom. The van der Waals surface area contributed by atoms with Crippen molar-refractivity contribution in [3.63, 3.8) is 0 Å². The van der Waals surface area contributed by atoms with Gasteiger partial charge in [-0.3, -0.25) is 0 Å². The second-order valence-corrected chi connectivity index (χ2v) is 3.08. The highest BCUT2D eigenvalue weighted by atomic mass is 16.5. The molecule has 4 nitrogen and oxygen atoms in total. The van der Waals surface area contributed by atoms with Crippen LogP contribution >= 0.6 is 0 Å². The lowest BCUT2D eigenvalue weighted by Crippen LogP contribution is -2.02. The van der Waals surface area contributed by atoms with Crippen LogP contribution in [0.15, 0.2) is 18.2 Å². The molecule has 0 aromatic heterocycles. The molecular weight excluding hydrogens is 220 g/mol. The van der Waals surface area contributed by atoms with E-state index in [1.807, 2.05) is 0 Å². The molecule has 1 aromatic rings. The normalized spacial score (nSPS) is 8.82. The lowest BCUT2D eigenvalue weighted by molar-refractivity contribution is -0.107. The fraction of sp³-hybridized carbons (Fsp3) is 0.231. The van der Waals surface area contributed by atoms with Crippen molar-refractivity contribution in [3.05, 3.63) is 29.3 Å². The summed E-state index contributed by atoms with van der Waals surface area (Å²) in [7, 11) is 2.82. The van der Waals surface area contributed by atoms with Crippen molar-refractivity contribution in [1.82, 2.24) is 0 Å². The predicted octanol–water partition coefficient (Wildman–Crippen LogP) is 1.42. The van der Waals surface area contributed by atoms with Crippen LogP contribution in [-0.2, 0) is 9.53 Å². The number of ether oxygens (including phenoxy) is 2. The van der Waals surface area contributed by atoms with Crippen LogP contribution in [0.3, 0.4) is 0 Å². The number of benzene rings is 1.